The molecule has 100 valence electrons. The number of hydrogen-bond acceptors (Lipinski definition) is 1. The lowest BCUT2D eigenvalue weighted by atomic mass is 9.81. The number of carbonyl (C=O) groups is 1. The zero-order valence-corrected chi connectivity index (χ0v) is 11.1. The largest absolute Gasteiger partial charge is 0.294 e. The normalized spacial score (nSPS) is 21.2. The van der Waals surface area contributed by atoms with Crippen molar-refractivity contribution in [2.45, 2.75) is 44.9 Å². The van der Waals surface area contributed by atoms with E-state index in [1.807, 2.05) is 0 Å². The molecule has 0 amide bonds. The van der Waals surface area contributed by atoms with E-state index in [0.717, 1.165) is 17.6 Å². The summed E-state index contributed by atoms with van der Waals surface area (Å²) in [4.78, 5) is 12.2. The summed E-state index contributed by atoms with van der Waals surface area (Å²) in [5, 5.41) is 0. The fourth-order valence-corrected chi connectivity index (χ4v) is 3.50. The maximum absolute atomic E-state index is 13.0. The van der Waals surface area contributed by atoms with E-state index in [1.54, 1.807) is 12.1 Å². The van der Waals surface area contributed by atoms with E-state index in [9.17, 15) is 9.18 Å². The van der Waals surface area contributed by atoms with Gasteiger partial charge in [0.2, 0.25) is 0 Å². The van der Waals surface area contributed by atoms with Crippen molar-refractivity contribution in [3.63, 3.8) is 0 Å². The lowest BCUT2D eigenvalue weighted by Crippen LogP contribution is -2.09. The molecule has 0 spiro atoms. The van der Waals surface area contributed by atoms with Gasteiger partial charge >= 0.3 is 0 Å². The van der Waals surface area contributed by atoms with Crippen LogP contribution in [0.1, 0.15) is 50.5 Å². The number of Topliss-reactive ketones (excluding diaryl/α,β-unsaturated/α-hetero) is 1. The van der Waals surface area contributed by atoms with Crippen LogP contribution in [-0.4, -0.2) is 5.78 Å². The zero-order valence-electron chi connectivity index (χ0n) is 11.1. The summed E-state index contributed by atoms with van der Waals surface area (Å²) in [7, 11) is 0. The number of halogens is 1. The van der Waals surface area contributed by atoms with Gasteiger partial charge in [-0.05, 0) is 42.9 Å². The van der Waals surface area contributed by atoms with Gasteiger partial charge in [-0.25, -0.2) is 4.39 Å². The molecule has 0 aromatic heterocycles. The van der Waals surface area contributed by atoms with Crippen molar-refractivity contribution in [1.82, 2.24) is 0 Å². The third-order valence-corrected chi connectivity index (χ3v) is 4.45. The Morgan fingerprint density at radius 2 is 1.63 bits per heavy atom. The van der Waals surface area contributed by atoms with Gasteiger partial charge in [-0.3, -0.25) is 4.79 Å². The molecule has 0 atom stereocenters. The molecule has 2 aliphatic rings. The molecule has 3 rings (SSSR count). The lowest BCUT2D eigenvalue weighted by Gasteiger charge is -2.24. The van der Waals surface area contributed by atoms with E-state index in [-0.39, 0.29) is 11.6 Å². The average molecular weight is 258 g/mol. The van der Waals surface area contributed by atoms with Gasteiger partial charge in [0.1, 0.15) is 5.82 Å². The van der Waals surface area contributed by atoms with Gasteiger partial charge < -0.3 is 0 Å². The van der Waals surface area contributed by atoms with E-state index in [2.05, 4.69) is 0 Å². The topological polar surface area (TPSA) is 17.1 Å². The zero-order chi connectivity index (χ0) is 13.2. The standard InChI is InChI=1S/C17H19FO/c18-14-8-6-13(7-9-14)17-15(10-11-16(17)19)12-4-2-1-3-5-12/h6-9,12H,1-5,10-11H2. The first kappa shape index (κ1) is 12.6. The Hall–Kier alpha value is -1.44. The van der Waals surface area contributed by atoms with E-state index in [0.29, 0.717) is 12.3 Å². The fourth-order valence-electron chi connectivity index (χ4n) is 3.50. The van der Waals surface area contributed by atoms with Gasteiger partial charge in [0.05, 0.1) is 0 Å². The quantitative estimate of drug-likeness (QED) is 0.762. The number of carbonyl (C=O) groups excluding carboxylic acids is 1. The summed E-state index contributed by atoms with van der Waals surface area (Å²) in [6.07, 6.45) is 7.86. The third-order valence-electron chi connectivity index (χ3n) is 4.45. The van der Waals surface area contributed by atoms with Crippen molar-refractivity contribution in [3.05, 3.63) is 41.2 Å². The van der Waals surface area contributed by atoms with Crippen LogP contribution in [0.2, 0.25) is 0 Å². The minimum absolute atomic E-state index is 0.242. The highest BCUT2D eigenvalue weighted by Gasteiger charge is 2.29. The Bertz CT molecular complexity index is 507. The molecule has 2 aliphatic carbocycles. The first-order valence-corrected chi connectivity index (χ1v) is 7.28. The fraction of sp³-hybridized carbons (Fsp3) is 0.471. The highest BCUT2D eigenvalue weighted by molar-refractivity contribution is 6.23. The van der Waals surface area contributed by atoms with Crippen molar-refractivity contribution >= 4 is 11.4 Å². The highest BCUT2D eigenvalue weighted by atomic mass is 19.1. The SMILES string of the molecule is O=C1CCC(C2CCCCC2)=C1c1ccc(F)cc1. The van der Waals surface area contributed by atoms with Gasteiger partial charge in [-0.15, -0.1) is 0 Å². The maximum Gasteiger partial charge on any atom is 0.163 e. The van der Waals surface area contributed by atoms with Crippen molar-refractivity contribution in [2.75, 3.05) is 0 Å². The molecule has 1 fully saturated rings. The van der Waals surface area contributed by atoms with Crippen molar-refractivity contribution in [3.8, 4) is 0 Å². The van der Waals surface area contributed by atoms with Crippen LogP contribution in [0.4, 0.5) is 4.39 Å². The molecule has 0 saturated heterocycles. The van der Waals surface area contributed by atoms with E-state index in [4.69, 9.17) is 0 Å². The number of rotatable bonds is 2. The van der Waals surface area contributed by atoms with Crippen LogP contribution in [0, 0.1) is 11.7 Å². The van der Waals surface area contributed by atoms with E-state index in [1.165, 1.54) is 49.8 Å². The van der Waals surface area contributed by atoms with Crippen molar-refractivity contribution in [2.24, 2.45) is 5.92 Å². The minimum atomic E-state index is -0.242. The Kier molecular flexibility index (Phi) is 3.50. The molecule has 1 saturated carbocycles. The van der Waals surface area contributed by atoms with Gasteiger partial charge in [0.25, 0.3) is 0 Å². The molecule has 1 nitrogen and oxygen atoms in total. The molecule has 0 heterocycles. The van der Waals surface area contributed by atoms with Crippen LogP contribution in [0.25, 0.3) is 5.57 Å². The first-order chi connectivity index (χ1) is 9.25. The van der Waals surface area contributed by atoms with Crippen LogP contribution >= 0.6 is 0 Å². The van der Waals surface area contributed by atoms with Crippen LogP contribution in [0.3, 0.4) is 0 Å². The van der Waals surface area contributed by atoms with Gasteiger partial charge in [-0.2, -0.15) is 0 Å². The predicted molar refractivity (Wildman–Crippen MR) is 74.1 cm³/mol. The Balaban J connectivity index is 1.97. The van der Waals surface area contributed by atoms with Crippen LogP contribution in [0.5, 0.6) is 0 Å². The molecule has 0 bridgehead atoms. The van der Waals surface area contributed by atoms with E-state index < -0.39 is 0 Å². The number of benzene rings is 1. The molecular formula is C17H19FO. The van der Waals surface area contributed by atoms with Crippen molar-refractivity contribution in [1.29, 1.82) is 0 Å². The molecule has 19 heavy (non-hydrogen) atoms. The summed E-state index contributed by atoms with van der Waals surface area (Å²) < 4.78 is 13.0. The van der Waals surface area contributed by atoms with Gasteiger partial charge in [0, 0.05) is 12.0 Å². The van der Waals surface area contributed by atoms with E-state index >= 15 is 0 Å². The number of allylic oxidation sites excluding steroid dienone is 2. The summed E-state index contributed by atoms with van der Waals surface area (Å²) in [5.74, 6) is 0.585. The summed E-state index contributed by atoms with van der Waals surface area (Å²) in [6.45, 7) is 0. The monoisotopic (exact) mass is 258 g/mol. The summed E-state index contributed by atoms with van der Waals surface area (Å²) >= 11 is 0. The molecule has 0 aliphatic heterocycles. The summed E-state index contributed by atoms with van der Waals surface area (Å²) in [6, 6.07) is 6.40. The van der Waals surface area contributed by atoms with Gasteiger partial charge in [-0.1, -0.05) is 37.0 Å². The second kappa shape index (κ2) is 5.28. The molecule has 0 radical (unpaired) electrons. The Labute approximate surface area is 113 Å². The molecule has 1 aromatic rings. The Morgan fingerprint density at radius 3 is 2.32 bits per heavy atom. The molecule has 0 unspecified atom stereocenters. The third kappa shape index (κ3) is 2.49. The summed E-state index contributed by atoms with van der Waals surface area (Å²) in [5.41, 5.74) is 3.15. The number of ketones is 1. The Morgan fingerprint density at radius 1 is 0.947 bits per heavy atom. The van der Waals surface area contributed by atoms with Crippen molar-refractivity contribution < 1.29 is 9.18 Å². The predicted octanol–water partition coefficient (Wildman–Crippen LogP) is 4.52. The second-order valence-electron chi connectivity index (χ2n) is 5.67. The first-order valence-electron chi connectivity index (χ1n) is 7.28. The molecule has 1 aromatic carbocycles. The number of hydrogen-bond donors (Lipinski definition) is 0. The lowest BCUT2D eigenvalue weighted by molar-refractivity contribution is -0.113. The average Bonchev–Trinajstić information content (AvgIpc) is 2.83. The molecule has 2 heteroatoms. The second-order valence-corrected chi connectivity index (χ2v) is 5.67. The van der Waals surface area contributed by atoms with Crippen LogP contribution in [0.15, 0.2) is 29.8 Å². The van der Waals surface area contributed by atoms with Gasteiger partial charge in [0.15, 0.2) is 5.78 Å². The van der Waals surface area contributed by atoms with Crippen LogP contribution in [-0.2, 0) is 4.79 Å². The highest BCUT2D eigenvalue weighted by Crippen LogP contribution is 2.41. The molecular weight excluding hydrogens is 239 g/mol. The smallest absolute Gasteiger partial charge is 0.163 e. The maximum atomic E-state index is 13.0. The minimum Gasteiger partial charge on any atom is -0.294 e. The van der Waals surface area contributed by atoms with Crippen LogP contribution < -0.4 is 0 Å². The molecule has 0 N–H and O–H groups in total.